The molecule has 114 valence electrons. The molecule has 5 heteroatoms. The van der Waals surface area contributed by atoms with Gasteiger partial charge in [0.05, 0.1) is 12.0 Å². The van der Waals surface area contributed by atoms with E-state index >= 15 is 0 Å². The molecule has 1 heterocycles. The number of rotatable bonds is 5. The van der Waals surface area contributed by atoms with Gasteiger partial charge in [-0.1, -0.05) is 37.3 Å². The Labute approximate surface area is 124 Å². The molecule has 3 atom stereocenters. The largest absolute Gasteiger partial charge is 0.481 e. The van der Waals surface area contributed by atoms with Crippen LogP contribution in [0.25, 0.3) is 0 Å². The Morgan fingerprint density at radius 2 is 2.00 bits per heavy atom. The lowest BCUT2D eigenvalue weighted by atomic mass is 9.99. The number of aliphatic carboxylic acids is 1. The van der Waals surface area contributed by atoms with Crippen molar-refractivity contribution >= 4 is 11.9 Å². The van der Waals surface area contributed by atoms with Gasteiger partial charge in [0, 0.05) is 13.1 Å². The van der Waals surface area contributed by atoms with Crippen molar-refractivity contribution in [2.45, 2.75) is 25.8 Å². The molecule has 1 aliphatic heterocycles. The monoisotopic (exact) mass is 290 g/mol. The predicted molar refractivity (Wildman–Crippen MR) is 79.6 cm³/mol. The maximum Gasteiger partial charge on any atom is 0.308 e. The Balaban J connectivity index is 1.87. The second-order valence-corrected chi connectivity index (χ2v) is 5.80. The average molecular weight is 290 g/mol. The molecule has 1 aliphatic rings. The second kappa shape index (κ2) is 6.72. The number of carboxylic acids is 1. The van der Waals surface area contributed by atoms with Crippen molar-refractivity contribution < 1.29 is 14.7 Å². The van der Waals surface area contributed by atoms with Gasteiger partial charge < -0.3 is 15.7 Å². The van der Waals surface area contributed by atoms with E-state index in [1.54, 1.807) is 4.90 Å². The van der Waals surface area contributed by atoms with Crippen molar-refractivity contribution in [2.24, 2.45) is 17.6 Å². The van der Waals surface area contributed by atoms with Gasteiger partial charge in [-0.2, -0.15) is 0 Å². The minimum atomic E-state index is -0.837. The zero-order chi connectivity index (χ0) is 15.4. The predicted octanol–water partition coefficient (Wildman–Crippen LogP) is 1.13. The number of aryl methyl sites for hydroxylation is 1. The molecule has 3 N–H and O–H groups in total. The van der Waals surface area contributed by atoms with Crippen LogP contribution in [0.15, 0.2) is 30.3 Å². The highest BCUT2D eigenvalue weighted by Gasteiger charge is 2.38. The van der Waals surface area contributed by atoms with Gasteiger partial charge in [-0.25, -0.2) is 0 Å². The fraction of sp³-hybridized carbons (Fsp3) is 0.500. The molecule has 1 fully saturated rings. The number of hydrogen-bond donors (Lipinski definition) is 2. The number of nitrogens with zero attached hydrogens (tertiary/aromatic N) is 1. The molecule has 0 radical (unpaired) electrons. The lowest BCUT2D eigenvalue weighted by molar-refractivity contribution is -0.142. The molecule has 0 bridgehead atoms. The zero-order valence-corrected chi connectivity index (χ0v) is 12.2. The molecule has 2 rings (SSSR count). The molecule has 5 nitrogen and oxygen atoms in total. The van der Waals surface area contributed by atoms with Gasteiger partial charge in [0.15, 0.2) is 0 Å². The number of nitrogens with two attached hydrogens (primary N) is 1. The summed E-state index contributed by atoms with van der Waals surface area (Å²) in [7, 11) is 0. The van der Waals surface area contributed by atoms with Crippen molar-refractivity contribution in [1.82, 2.24) is 4.90 Å². The standard InChI is InChI=1S/C16H22N2O3/c1-11-9-18(10-13(11)16(20)21)15(19)14(17)8-7-12-5-3-2-4-6-12/h2-6,11,13-14H,7-10,17H2,1H3,(H,20,21)/t11?,13?,14-/m0/s1. The molecule has 0 spiro atoms. The summed E-state index contributed by atoms with van der Waals surface area (Å²) in [4.78, 5) is 25.0. The van der Waals surface area contributed by atoms with Gasteiger partial charge >= 0.3 is 5.97 Å². The SMILES string of the molecule is CC1CN(C(=O)[C@@H](N)CCc2ccccc2)CC1C(=O)O. The molecule has 1 amide bonds. The number of carboxylic acid groups (broad SMARTS) is 1. The third-order valence-corrected chi connectivity index (χ3v) is 4.15. The van der Waals surface area contributed by atoms with Crippen LogP contribution in [-0.4, -0.2) is 41.0 Å². The van der Waals surface area contributed by atoms with E-state index in [2.05, 4.69) is 0 Å². The molecular weight excluding hydrogens is 268 g/mol. The Morgan fingerprint density at radius 3 is 2.57 bits per heavy atom. The summed E-state index contributed by atoms with van der Waals surface area (Å²) in [5.74, 6) is -1.47. The first-order valence-electron chi connectivity index (χ1n) is 7.30. The van der Waals surface area contributed by atoms with Gasteiger partial charge in [0.1, 0.15) is 0 Å². The normalized spacial score (nSPS) is 23.0. The molecule has 21 heavy (non-hydrogen) atoms. The minimum Gasteiger partial charge on any atom is -0.481 e. The molecule has 0 aliphatic carbocycles. The summed E-state index contributed by atoms with van der Waals surface area (Å²) in [5, 5.41) is 9.10. The maximum absolute atomic E-state index is 12.3. The number of likely N-dealkylation sites (tertiary alicyclic amines) is 1. The van der Waals surface area contributed by atoms with Crippen LogP contribution in [0.5, 0.6) is 0 Å². The molecule has 1 aromatic carbocycles. The number of amides is 1. The number of carbonyl (C=O) groups excluding carboxylic acids is 1. The smallest absolute Gasteiger partial charge is 0.308 e. The van der Waals surface area contributed by atoms with E-state index < -0.39 is 17.9 Å². The van der Waals surface area contributed by atoms with Crippen molar-refractivity contribution in [3.05, 3.63) is 35.9 Å². The van der Waals surface area contributed by atoms with Gasteiger partial charge in [-0.3, -0.25) is 9.59 Å². The first-order chi connectivity index (χ1) is 9.99. The average Bonchev–Trinajstić information content (AvgIpc) is 2.87. The van der Waals surface area contributed by atoms with E-state index in [4.69, 9.17) is 10.8 Å². The lowest BCUT2D eigenvalue weighted by Gasteiger charge is -2.20. The number of benzene rings is 1. The van der Waals surface area contributed by atoms with Crippen molar-refractivity contribution in [2.75, 3.05) is 13.1 Å². The summed E-state index contributed by atoms with van der Waals surface area (Å²) in [5.41, 5.74) is 7.13. The number of hydrogen-bond acceptors (Lipinski definition) is 3. The van der Waals surface area contributed by atoms with E-state index in [0.717, 1.165) is 12.0 Å². The summed E-state index contributed by atoms with van der Waals surface area (Å²) in [6.45, 7) is 2.62. The minimum absolute atomic E-state index is 0.0206. The fourth-order valence-corrected chi connectivity index (χ4v) is 2.79. The Kier molecular flexibility index (Phi) is 4.96. The maximum atomic E-state index is 12.3. The Bertz CT molecular complexity index is 504. The van der Waals surface area contributed by atoms with Crippen molar-refractivity contribution in [3.8, 4) is 0 Å². The number of carbonyl (C=O) groups is 2. The topological polar surface area (TPSA) is 83.6 Å². The lowest BCUT2D eigenvalue weighted by Crippen LogP contribution is -2.43. The molecule has 0 aromatic heterocycles. The van der Waals surface area contributed by atoms with Crippen LogP contribution in [-0.2, 0) is 16.0 Å². The Hall–Kier alpha value is -1.88. The van der Waals surface area contributed by atoms with E-state index in [1.165, 1.54) is 0 Å². The van der Waals surface area contributed by atoms with Crippen LogP contribution in [0.4, 0.5) is 0 Å². The quantitative estimate of drug-likeness (QED) is 0.851. The van der Waals surface area contributed by atoms with Crippen molar-refractivity contribution in [3.63, 3.8) is 0 Å². The van der Waals surface area contributed by atoms with Crippen LogP contribution in [0.2, 0.25) is 0 Å². The molecule has 0 saturated carbocycles. The highest BCUT2D eigenvalue weighted by atomic mass is 16.4. The van der Waals surface area contributed by atoms with Gasteiger partial charge in [0.25, 0.3) is 0 Å². The zero-order valence-electron chi connectivity index (χ0n) is 12.2. The molecule has 1 saturated heterocycles. The van der Waals surface area contributed by atoms with E-state index in [0.29, 0.717) is 13.0 Å². The first-order valence-corrected chi connectivity index (χ1v) is 7.30. The van der Waals surface area contributed by atoms with Crippen LogP contribution < -0.4 is 5.73 Å². The van der Waals surface area contributed by atoms with Crippen LogP contribution >= 0.6 is 0 Å². The summed E-state index contributed by atoms with van der Waals surface area (Å²) < 4.78 is 0. The summed E-state index contributed by atoms with van der Waals surface area (Å²) in [6.07, 6.45) is 1.32. The third kappa shape index (κ3) is 3.82. The molecular formula is C16H22N2O3. The van der Waals surface area contributed by atoms with Crippen LogP contribution in [0.1, 0.15) is 18.9 Å². The highest BCUT2D eigenvalue weighted by molar-refractivity contribution is 5.83. The molecule has 1 aromatic rings. The van der Waals surface area contributed by atoms with E-state index in [1.807, 2.05) is 37.3 Å². The first kappa shape index (κ1) is 15.5. The highest BCUT2D eigenvalue weighted by Crippen LogP contribution is 2.23. The van der Waals surface area contributed by atoms with Crippen LogP contribution in [0.3, 0.4) is 0 Å². The van der Waals surface area contributed by atoms with Crippen molar-refractivity contribution in [1.29, 1.82) is 0 Å². The van der Waals surface area contributed by atoms with Crippen LogP contribution in [0, 0.1) is 11.8 Å². The van der Waals surface area contributed by atoms with E-state index in [9.17, 15) is 9.59 Å². The van der Waals surface area contributed by atoms with Gasteiger partial charge in [-0.05, 0) is 24.3 Å². The van der Waals surface area contributed by atoms with E-state index in [-0.39, 0.29) is 18.4 Å². The summed E-state index contributed by atoms with van der Waals surface area (Å²) >= 11 is 0. The fourth-order valence-electron chi connectivity index (χ4n) is 2.79. The summed E-state index contributed by atoms with van der Waals surface area (Å²) in [6, 6.07) is 9.33. The van der Waals surface area contributed by atoms with Gasteiger partial charge in [-0.15, -0.1) is 0 Å². The molecule has 2 unspecified atom stereocenters. The van der Waals surface area contributed by atoms with Gasteiger partial charge in [0.2, 0.25) is 5.91 Å². The second-order valence-electron chi connectivity index (χ2n) is 5.80. The Morgan fingerprint density at radius 1 is 1.33 bits per heavy atom. The third-order valence-electron chi connectivity index (χ3n) is 4.15.